The second-order valence-electron chi connectivity index (χ2n) is 8.31. The summed E-state index contributed by atoms with van der Waals surface area (Å²) < 4.78 is 27.3. The Morgan fingerprint density at radius 3 is 2.06 bits per heavy atom. The van der Waals surface area contributed by atoms with Crippen LogP contribution in [0.1, 0.15) is 22.4 Å². The van der Waals surface area contributed by atoms with Gasteiger partial charge in [0.1, 0.15) is 5.82 Å². The van der Waals surface area contributed by atoms with E-state index in [1.54, 1.807) is 4.31 Å². The Hall–Kier alpha value is -2.97. The van der Waals surface area contributed by atoms with Crippen LogP contribution in [0.4, 0.5) is 17.5 Å². The average Bonchev–Trinajstić information content (AvgIpc) is 2.76. The van der Waals surface area contributed by atoms with E-state index in [0.29, 0.717) is 32.1 Å². The average molecular weight is 452 g/mol. The summed E-state index contributed by atoms with van der Waals surface area (Å²) in [6.07, 6.45) is 0. The fourth-order valence-electron chi connectivity index (χ4n) is 3.70. The molecule has 3 aromatic rings. The van der Waals surface area contributed by atoms with Gasteiger partial charge in [0.15, 0.2) is 0 Å². The number of nitrogens with zero attached hydrogens (tertiary/aromatic N) is 4. The molecule has 32 heavy (non-hydrogen) atoms. The number of benzene rings is 2. The lowest BCUT2D eigenvalue weighted by molar-refractivity contribution is 0.382. The Morgan fingerprint density at radius 1 is 0.844 bits per heavy atom. The van der Waals surface area contributed by atoms with Crippen LogP contribution in [0.25, 0.3) is 0 Å². The number of nitrogens with one attached hydrogen (secondary N) is 1. The molecule has 7 nitrogen and oxygen atoms in total. The zero-order chi connectivity index (χ0) is 22.7. The zero-order valence-corrected chi connectivity index (χ0v) is 19.6. The minimum absolute atomic E-state index is 0.0266. The van der Waals surface area contributed by atoms with Crippen molar-refractivity contribution in [3.05, 3.63) is 77.0 Å². The van der Waals surface area contributed by atoms with E-state index >= 15 is 0 Å². The van der Waals surface area contributed by atoms with E-state index in [4.69, 9.17) is 0 Å². The molecule has 1 aliphatic heterocycles. The summed E-state index contributed by atoms with van der Waals surface area (Å²) in [6, 6.07) is 17.7. The number of piperazine rings is 1. The summed E-state index contributed by atoms with van der Waals surface area (Å²) in [6.45, 7) is 7.94. The van der Waals surface area contributed by atoms with E-state index in [2.05, 4.69) is 22.2 Å². The lowest BCUT2D eigenvalue weighted by Crippen LogP contribution is -2.49. The fourth-order valence-corrected chi connectivity index (χ4v) is 5.21. The van der Waals surface area contributed by atoms with Crippen molar-refractivity contribution in [3.8, 4) is 0 Å². The molecule has 4 rings (SSSR count). The molecule has 0 saturated carbocycles. The lowest BCUT2D eigenvalue weighted by Gasteiger charge is -2.34. The minimum atomic E-state index is -3.36. The van der Waals surface area contributed by atoms with Gasteiger partial charge in [-0.05, 0) is 38.5 Å². The molecule has 1 N–H and O–H groups in total. The van der Waals surface area contributed by atoms with Crippen LogP contribution >= 0.6 is 0 Å². The standard InChI is InChI=1S/C24H29N5O2S/c1-18-4-8-21(9-5-18)17-32(30,31)29-14-12-28(13-15-29)24-25-20(3)16-23(27-24)26-22-10-6-19(2)7-11-22/h4-11,16H,12-15,17H2,1-3H3,(H,25,26,27). The van der Waals surface area contributed by atoms with Crippen LogP contribution in [-0.4, -0.2) is 48.9 Å². The number of rotatable bonds is 6. The van der Waals surface area contributed by atoms with Crippen molar-refractivity contribution in [2.45, 2.75) is 26.5 Å². The predicted molar refractivity (Wildman–Crippen MR) is 129 cm³/mol. The van der Waals surface area contributed by atoms with Gasteiger partial charge in [-0.1, -0.05) is 47.5 Å². The molecular formula is C24H29N5O2S. The van der Waals surface area contributed by atoms with Crippen molar-refractivity contribution >= 4 is 27.5 Å². The van der Waals surface area contributed by atoms with Gasteiger partial charge in [0.05, 0.1) is 5.75 Å². The maximum atomic E-state index is 12.9. The predicted octanol–water partition coefficient (Wildman–Crippen LogP) is 3.80. The molecule has 1 fully saturated rings. The van der Waals surface area contributed by atoms with Gasteiger partial charge in [0.2, 0.25) is 16.0 Å². The smallest absolute Gasteiger partial charge is 0.227 e. The first-order chi connectivity index (χ1) is 15.3. The number of hydrogen-bond acceptors (Lipinski definition) is 6. The molecule has 0 aliphatic carbocycles. The first kappa shape index (κ1) is 22.2. The molecular weight excluding hydrogens is 422 g/mol. The molecule has 0 bridgehead atoms. The first-order valence-electron chi connectivity index (χ1n) is 10.8. The second-order valence-corrected chi connectivity index (χ2v) is 10.3. The SMILES string of the molecule is Cc1ccc(CS(=O)(=O)N2CCN(c3nc(C)cc(Nc4ccc(C)cc4)n3)CC2)cc1. The fraction of sp³-hybridized carbons (Fsp3) is 0.333. The highest BCUT2D eigenvalue weighted by Gasteiger charge is 2.28. The lowest BCUT2D eigenvalue weighted by atomic mass is 10.2. The van der Waals surface area contributed by atoms with E-state index in [1.165, 1.54) is 5.56 Å². The largest absolute Gasteiger partial charge is 0.340 e. The van der Waals surface area contributed by atoms with Crippen LogP contribution in [0, 0.1) is 20.8 Å². The number of aromatic nitrogens is 2. The molecule has 1 saturated heterocycles. The molecule has 8 heteroatoms. The molecule has 0 unspecified atom stereocenters. The first-order valence-corrected chi connectivity index (χ1v) is 12.4. The van der Waals surface area contributed by atoms with Crippen molar-refractivity contribution in [1.82, 2.24) is 14.3 Å². The Labute approximate surface area is 190 Å². The number of sulfonamides is 1. The van der Waals surface area contributed by atoms with Crippen LogP contribution in [0.2, 0.25) is 0 Å². The molecule has 1 aliphatic rings. The quantitative estimate of drug-likeness (QED) is 0.614. The topological polar surface area (TPSA) is 78.4 Å². The van der Waals surface area contributed by atoms with Crippen molar-refractivity contribution in [1.29, 1.82) is 0 Å². The van der Waals surface area contributed by atoms with Crippen molar-refractivity contribution in [2.75, 3.05) is 36.4 Å². The van der Waals surface area contributed by atoms with Crippen molar-refractivity contribution in [3.63, 3.8) is 0 Å². The molecule has 0 spiro atoms. The summed E-state index contributed by atoms with van der Waals surface area (Å²) >= 11 is 0. The molecule has 0 radical (unpaired) electrons. The molecule has 168 valence electrons. The highest BCUT2D eigenvalue weighted by molar-refractivity contribution is 7.88. The zero-order valence-electron chi connectivity index (χ0n) is 18.7. The van der Waals surface area contributed by atoms with Crippen LogP contribution in [0.3, 0.4) is 0 Å². The van der Waals surface area contributed by atoms with Gasteiger partial charge in [0.25, 0.3) is 0 Å². The van der Waals surface area contributed by atoms with Crippen LogP contribution < -0.4 is 10.2 Å². The summed E-state index contributed by atoms with van der Waals surface area (Å²) in [5.41, 5.74) is 4.96. The van der Waals surface area contributed by atoms with Crippen LogP contribution in [0.5, 0.6) is 0 Å². The van der Waals surface area contributed by atoms with Gasteiger partial charge < -0.3 is 10.2 Å². The molecule has 1 aromatic heterocycles. The number of aryl methyl sites for hydroxylation is 3. The van der Waals surface area contributed by atoms with Gasteiger partial charge >= 0.3 is 0 Å². The Bertz CT molecular complexity index is 1170. The number of hydrogen-bond donors (Lipinski definition) is 1. The highest BCUT2D eigenvalue weighted by atomic mass is 32.2. The summed E-state index contributed by atoms with van der Waals surface area (Å²) in [5, 5.41) is 3.33. The molecule has 0 atom stereocenters. The van der Waals surface area contributed by atoms with E-state index in [-0.39, 0.29) is 5.75 Å². The summed E-state index contributed by atoms with van der Waals surface area (Å²) in [5.74, 6) is 1.37. The third-order valence-corrected chi connectivity index (χ3v) is 7.40. The van der Waals surface area contributed by atoms with Gasteiger partial charge in [-0.3, -0.25) is 0 Å². The van der Waals surface area contributed by atoms with Gasteiger partial charge in [-0.25, -0.2) is 13.4 Å². The summed E-state index contributed by atoms with van der Waals surface area (Å²) in [7, 11) is -3.36. The third kappa shape index (κ3) is 5.44. The van der Waals surface area contributed by atoms with Crippen LogP contribution in [0.15, 0.2) is 54.6 Å². The summed E-state index contributed by atoms with van der Waals surface area (Å²) in [4.78, 5) is 11.3. The Balaban J connectivity index is 1.41. The highest BCUT2D eigenvalue weighted by Crippen LogP contribution is 2.21. The van der Waals surface area contributed by atoms with Crippen LogP contribution in [-0.2, 0) is 15.8 Å². The maximum absolute atomic E-state index is 12.9. The monoisotopic (exact) mass is 451 g/mol. The Morgan fingerprint density at radius 2 is 1.44 bits per heavy atom. The second kappa shape index (κ2) is 9.26. The Kier molecular flexibility index (Phi) is 6.43. The van der Waals surface area contributed by atoms with Crippen molar-refractivity contribution in [2.24, 2.45) is 0 Å². The van der Waals surface area contributed by atoms with Crippen molar-refractivity contribution < 1.29 is 8.42 Å². The van der Waals surface area contributed by atoms with E-state index in [1.807, 2.05) is 73.3 Å². The molecule has 0 amide bonds. The van der Waals surface area contributed by atoms with E-state index in [9.17, 15) is 8.42 Å². The molecule has 2 aromatic carbocycles. The van der Waals surface area contributed by atoms with Gasteiger partial charge in [0, 0.05) is 43.6 Å². The van der Waals surface area contributed by atoms with Gasteiger partial charge in [-0.2, -0.15) is 9.29 Å². The number of anilines is 3. The molecule has 2 heterocycles. The normalized spacial score (nSPS) is 15.0. The third-order valence-electron chi connectivity index (χ3n) is 5.55. The maximum Gasteiger partial charge on any atom is 0.227 e. The van der Waals surface area contributed by atoms with Gasteiger partial charge in [-0.15, -0.1) is 0 Å². The van der Waals surface area contributed by atoms with E-state index < -0.39 is 10.0 Å². The van der Waals surface area contributed by atoms with E-state index in [0.717, 1.165) is 28.3 Å². The minimum Gasteiger partial charge on any atom is -0.340 e.